The number of hydrogen-bond donors (Lipinski definition) is 2. The number of allylic oxidation sites excluding steroid dienone is 1. The summed E-state index contributed by atoms with van der Waals surface area (Å²) < 4.78 is 23.1. The number of halogens is 2. The molecule has 2 fully saturated rings. The summed E-state index contributed by atoms with van der Waals surface area (Å²) in [6.07, 6.45) is 4.46. The molecule has 2 heterocycles. The number of benzene rings is 2. The highest BCUT2D eigenvalue weighted by Crippen LogP contribution is 2.53. The zero-order valence-corrected chi connectivity index (χ0v) is 23.3. The van der Waals surface area contributed by atoms with Crippen LogP contribution in [0, 0.1) is 5.41 Å². The summed E-state index contributed by atoms with van der Waals surface area (Å²) in [5.74, 6) is 0.445. The van der Waals surface area contributed by atoms with Crippen LogP contribution in [0.4, 0.5) is 0 Å². The maximum absolute atomic E-state index is 14.4. The van der Waals surface area contributed by atoms with Gasteiger partial charge in [-0.25, -0.2) is 4.31 Å². The Morgan fingerprint density at radius 2 is 1.89 bits per heavy atom. The number of amides is 1. The number of rotatable bonds is 8. The van der Waals surface area contributed by atoms with Crippen molar-refractivity contribution in [1.82, 2.24) is 9.21 Å². The van der Waals surface area contributed by atoms with Gasteiger partial charge in [0.25, 0.3) is 0 Å². The first-order valence-corrected chi connectivity index (χ1v) is 15.0. The van der Waals surface area contributed by atoms with Crippen LogP contribution in [0.15, 0.2) is 61.2 Å². The highest BCUT2D eigenvalue weighted by molar-refractivity contribution is 8.22. The molecular formula is C28H36Cl2N2O3S. The van der Waals surface area contributed by atoms with Crippen LogP contribution >= 0.6 is 34.0 Å². The van der Waals surface area contributed by atoms with Crippen LogP contribution in [-0.2, 0) is 4.79 Å². The number of carbonyl (C=O) groups is 1. The lowest BCUT2D eigenvalue weighted by atomic mass is 9.67. The molecule has 5 nitrogen and oxygen atoms in total. The second-order valence-corrected chi connectivity index (χ2v) is 13.3. The van der Waals surface area contributed by atoms with Crippen LogP contribution in [-0.4, -0.2) is 49.1 Å². The van der Waals surface area contributed by atoms with Gasteiger partial charge in [0.2, 0.25) is 5.91 Å². The van der Waals surface area contributed by atoms with Gasteiger partial charge in [-0.05, 0) is 61.1 Å². The first-order valence-electron chi connectivity index (χ1n) is 12.5. The van der Waals surface area contributed by atoms with Gasteiger partial charge in [-0.3, -0.25) is 13.9 Å². The fourth-order valence-corrected chi connectivity index (χ4v) is 7.79. The second-order valence-electron chi connectivity index (χ2n) is 10.3. The summed E-state index contributed by atoms with van der Waals surface area (Å²) in [7, 11) is -2.80. The molecule has 8 heteroatoms. The molecule has 1 amide bonds. The predicted octanol–water partition coefficient (Wildman–Crippen LogP) is 7.78. The van der Waals surface area contributed by atoms with Crippen molar-refractivity contribution in [1.29, 1.82) is 0 Å². The molecule has 0 spiro atoms. The third-order valence-corrected chi connectivity index (χ3v) is 10.2. The summed E-state index contributed by atoms with van der Waals surface area (Å²) >= 11 is 12.7. The van der Waals surface area contributed by atoms with E-state index >= 15 is 0 Å². The molecule has 2 aromatic carbocycles. The maximum Gasteiger partial charge on any atom is 0.229 e. The van der Waals surface area contributed by atoms with Gasteiger partial charge in [0.15, 0.2) is 0 Å². The van der Waals surface area contributed by atoms with E-state index in [1.165, 1.54) is 0 Å². The number of hydrogen-bond acceptors (Lipinski definition) is 4. The Labute approximate surface area is 226 Å². The zero-order valence-electron chi connectivity index (χ0n) is 20.9. The molecule has 2 aromatic rings. The Balaban J connectivity index is 1.86. The van der Waals surface area contributed by atoms with Crippen molar-refractivity contribution in [3.05, 3.63) is 82.4 Å². The lowest BCUT2D eigenvalue weighted by Gasteiger charge is -2.53. The smallest absolute Gasteiger partial charge is 0.229 e. The minimum atomic E-state index is -2.80. The minimum Gasteiger partial charge on any atom is -0.330 e. The third-order valence-electron chi connectivity index (χ3n) is 7.70. The van der Waals surface area contributed by atoms with Gasteiger partial charge in [0.1, 0.15) is 0 Å². The van der Waals surface area contributed by atoms with Gasteiger partial charge in [-0.1, -0.05) is 67.4 Å². The van der Waals surface area contributed by atoms with Crippen molar-refractivity contribution < 1.29 is 13.9 Å². The molecule has 4 rings (SSSR count). The average molecular weight is 552 g/mol. The van der Waals surface area contributed by atoms with Crippen molar-refractivity contribution in [3.8, 4) is 0 Å². The van der Waals surface area contributed by atoms with Crippen molar-refractivity contribution >= 4 is 39.9 Å². The van der Waals surface area contributed by atoms with E-state index in [2.05, 4.69) is 19.6 Å². The molecule has 4 atom stereocenters. The monoisotopic (exact) mass is 550 g/mol. The molecule has 0 bridgehead atoms. The van der Waals surface area contributed by atoms with Crippen LogP contribution in [0.5, 0.6) is 0 Å². The quantitative estimate of drug-likeness (QED) is 0.329. The Morgan fingerprint density at radius 3 is 2.47 bits per heavy atom. The molecule has 2 aliphatic rings. The molecule has 0 saturated carbocycles. The lowest BCUT2D eigenvalue weighted by molar-refractivity contribution is -0.155. The van der Waals surface area contributed by atoms with Crippen molar-refractivity contribution in [2.45, 2.75) is 57.5 Å². The molecule has 1 unspecified atom stereocenters. The second kappa shape index (κ2) is 11.1. The van der Waals surface area contributed by atoms with Gasteiger partial charge in [0.05, 0.1) is 17.2 Å². The molecule has 2 aliphatic heterocycles. The van der Waals surface area contributed by atoms with Gasteiger partial charge < -0.3 is 4.90 Å². The van der Waals surface area contributed by atoms with E-state index in [4.69, 9.17) is 23.2 Å². The topological polar surface area (TPSA) is 64.0 Å². The van der Waals surface area contributed by atoms with Crippen molar-refractivity contribution in [2.75, 3.05) is 18.8 Å². The van der Waals surface area contributed by atoms with Gasteiger partial charge in [-0.2, -0.15) is 0 Å². The normalized spacial score (nSPS) is 28.2. The highest BCUT2D eigenvalue weighted by Gasteiger charge is 2.51. The predicted molar refractivity (Wildman–Crippen MR) is 151 cm³/mol. The number of likely N-dealkylation sites (tertiary alicyclic amines) is 1. The SMILES string of the molecule is C=CC[C@@]1(C)C[C@H](c2cccc(Cl)c2)[C@@H](c2ccc(Cl)cc2)N(C(CC)CN2CCCS2(O)O)C1=O. The van der Waals surface area contributed by atoms with Crippen molar-refractivity contribution in [3.63, 3.8) is 0 Å². The Morgan fingerprint density at radius 1 is 1.17 bits per heavy atom. The van der Waals surface area contributed by atoms with E-state index in [-0.39, 0.29) is 23.9 Å². The number of carbonyl (C=O) groups excluding carboxylic acids is 1. The molecule has 0 aromatic heterocycles. The van der Waals surface area contributed by atoms with E-state index < -0.39 is 16.2 Å². The highest BCUT2D eigenvalue weighted by atomic mass is 35.5. The van der Waals surface area contributed by atoms with Crippen LogP contribution in [0.2, 0.25) is 10.0 Å². The molecule has 196 valence electrons. The van der Waals surface area contributed by atoms with E-state index in [1.807, 2.05) is 60.4 Å². The maximum atomic E-state index is 14.4. The first-order chi connectivity index (χ1) is 17.1. The van der Waals surface area contributed by atoms with Crippen molar-refractivity contribution in [2.24, 2.45) is 5.41 Å². The van der Waals surface area contributed by atoms with Gasteiger partial charge in [0, 0.05) is 35.1 Å². The molecule has 36 heavy (non-hydrogen) atoms. The summed E-state index contributed by atoms with van der Waals surface area (Å²) in [5, 5.41) is 1.30. The minimum absolute atomic E-state index is 0.0134. The molecule has 2 saturated heterocycles. The van der Waals surface area contributed by atoms with Gasteiger partial charge in [-0.15, -0.1) is 17.4 Å². The fraction of sp³-hybridized carbons (Fsp3) is 0.464. The molecule has 0 radical (unpaired) electrons. The summed E-state index contributed by atoms with van der Waals surface area (Å²) in [6.45, 7) is 9.07. The zero-order chi connectivity index (χ0) is 26.1. The third kappa shape index (κ3) is 5.50. The van der Waals surface area contributed by atoms with Gasteiger partial charge >= 0.3 is 0 Å². The Hall–Kier alpha value is -1.54. The summed E-state index contributed by atoms with van der Waals surface area (Å²) in [5.41, 5.74) is 1.44. The van der Waals surface area contributed by atoms with E-state index in [9.17, 15) is 13.9 Å². The van der Waals surface area contributed by atoms with E-state index in [0.29, 0.717) is 48.2 Å². The van der Waals surface area contributed by atoms with Crippen LogP contribution in [0.3, 0.4) is 0 Å². The van der Waals surface area contributed by atoms with E-state index in [1.54, 1.807) is 4.31 Å². The lowest BCUT2D eigenvalue weighted by Crippen LogP contribution is -2.57. The first kappa shape index (κ1) is 27.5. The number of piperidine rings is 1. The molecule has 0 aliphatic carbocycles. The Kier molecular flexibility index (Phi) is 8.45. The number of nitrogens with zero attached hydrogens (tertiary/aromatic N) is 2. The summed E-state index contributed by atoms with van der Waals surface area (Å²) in [4.78, 5) is 16.4. The molecular weight excluding hydrogens is 515 g/mol. The average Bonchev–Trinajstić information content (AvgIpc) is 3.17. The van der Waals surface area contributed by atoms with Crippen LogP contribution in [0.1, 0.15) is 62.6 Å². The van der Waals surface area contributed by atoms with E-state index in [0.717, 1.165) is 17.5 Å². The van der Waals surface area contributed by atoms with Crippen LogP contribution < -0.4 is 0 Å². The molecule has 2 N–H and O–H groups in total. The summed E-state index contributed by atoms with van der Waals surface area (Å²) in [6, 6.07) is 15.2. The largest absolute Gasteiger partial charge is 0.330 e. The Bertz CT molecular complexity index is 1100. The van der Waals surface area contributed by atoms with Crippen LogP contribution in [0.25, 0.3) is 0 Å². The fourth-order valence-electron chi connectivity index (χ4n) is 5.86. The standard InChI is InChI=1S/C28H36Cl2N2O3S/c1-4-14-28(3)18-25(21-8-6-9-23(30)17-21)26(20-10-12-22(29)13-11-20)32(27(28)33)24(5-2)19-31-15-7-16-36(31,34)35/h4,6,8-13,17,24-26,34-35H,1,5,7,14-16,18-19H2,2-3H3/t24?,25-,26-,28+/m1/s1.